The molecule has 0 aromatic heterocycles. The molecule has 0 aromatic carbocycles. The molecule has 70 valence electrons. The topological polar surface area (TPSA) is 60.2 Å². The average molecular weight is 239 g/mol. The van der Waals surface area contributed by atoms with Crippen LogP contribution in [0.4, 0.5) is 22.0 Å². The summed E-state index contributed by atoms with van der Waals surface area (Å²) in [5.41, 5.74) is 0. The Morgan fingerprint density at radius 1 is 1.08 bits per heavy atom. The van der Waals surface area contributed by atoms with Gasteiger partial charge >= 0.3 is 62.8 Å². The van der Waals surface area contributed by atoms with Gasteiger partial charge in [0.05, 0.1) is 0 Å². The maximum atomic E-state index is 11.6. The van der Waals surface area contributed by atoms with Crippen molar-refractivity contribution in [2.45, 2.75) is 11.4 Å². The summed E-state index contributed by atoms with van der Waals surface area (Å²) in [5, 5.41) is -2.27. The molecule has 0 rings (SSSR count). The van der Waals surface area contributed by atoms with E-state index in [1.807, 2.05) is 0 Å². The Hall–Kier alpha value is 1.20. The molecule has 0 saturated carbocycles. The summed E-state index contributed by atoms with van der Waals surface area (Å²) in [6, 6.07) is 0. The van der Waals surface area contributed by atoms with Crippen molar-refractivity contribution in [2.24, 2.45) is 5.14 Å². The summed E-state index contributed by atoms with van der Waals surface area (Å²) in [5.74, 6) is 0. The fourth-order valence-electron chi connectivity index (χ4n) is 0.161. The van der Waals surface area contributed by atoms with Gasteiger partial charge in [0.1, 0.15) is 0 Å². The molecule has 0 radical (unpaired) electrons. The van der Waals surface area contributed by atoms with Crippen LogP contribution in [-0.2, 0) is 10.0 Å². The Morgan fingerprint density at radius 2 is 1.33 bits per heavy atom. The third-order valence-electron chi connectivity index (χ3n) is 0.687. The van der Waals surface area contributed by atoms with E-state index in [1.54, 1.807) is 0 Å². The Labute approximate surface area is 108 Å². The number of rotatable bonds is 1. The van der Waals surface area contributed by atoms with Gasteiger partial charge in [-0.25, -0.2) is 13.6 Å². The molecule has 0 heterocycles. The number of hydrogen-bond donors (Lipinski definition) is 1. The van der Waals surface area contributed by atoms with Gasteiger partial charge in [-0.3, -0.25) is 0 Å². The molecule has 12 heavy (non-hydrogen) atoms. The number of alkyl halides is 5. The van der Waals surface area contributed by atoms with E-state index in [1.165, 1.54) is 0 Å². The van der Waals surface area contributed by atoms with Crippen LogP contribution >= 0.6 is 0 Å². The number of nitrogens with two attached hydrogens (primary N) is 1. The number of sulfonamides is 1. The van der Waals surface area contributed by atoms with Crippen LogP contribution in [-0.4, -0.2) is 19.8 Å². The molecule has 0 amide bonds. The van der Waals surface area contributed by atoms with Crippen LogP contribution in [0.3, 0.4) is 0 Å². The molecule has 10 heteroatoms. The summed E-state index contributed by atoms with van der Waals surface area (Å²) in [6.45, 7) is 0. The van der Waals surface area contributed by atoms with E-state index >= 15 is 0 Å². The molecule has 0 fully saturated rings. The van der Waals surface area contributed by atoms with Crippen molar-refractivity contribution >= 4 is 10.0 Å². The molecular formula is C2H3F5KNO2S. The zero-order chi connectivity index (χ0) is 9.50. The van der Waals surface area contributed by atoms with Gasteiger partial charge in [0.2, 0.25) is 0 Å². The molecule has 0 spiro atoms. The molecule has 2 N–H and O–H groups in total. The Kier molecular flexibility index (Phi) is 5.41. The van der Waals surface area contributed by atoms with Crippen molar-refractivity contribution < 1.29 is 83.2 Å². The Bertz CT molecular complexity index is 250. The molecule has 0 atom stereocenters. The monoisotopic (exact) mass is 239 g/mol. The maximum absolute atomic E-state index is 11.6. The van der Waals surface area contributed by atoms with Crippen molar-refractivity contribution in [2.75, 3.05) is 0 Å². The molecular weight excluding hydrogens is 236 g/mol. The van der Waals surface area contributed by atoms with Crippen molar-refractivity contribution in [3.8, 4) is 0 Å². The van der Waals surface area contributed by atoms with Crippen LogP contribution in [0.15, 0.2) is 0 Å². The van der Waals surface area contributed by atoms with Gasteiger partial charge < -0.3 is 1.43 Å². The van der Waals surface area contributed by atoms with Crippen LogP contribution in [0, 0.1) is 0 Å². The normalized spacial score (nSPS) is 13.8. The summed E-state index contributed by atoms with van der Waals surface area (Å²) in [7, 11) is -5.92. The summed E-state index contributed by atoms with van der Waals surface area (Å²) in [6.07, 6.45) is -6.17. The van der Waals surface area contributed by atoms with E-state index in [-0.39, 0.29) is 52.8 Å². The predicted molar refractivity (Wildman–Crippen MR) is 25.2 cm³/mol. The minimum atomic E-state index is -6.17. The Balaban J connectivity index is -0.000000500. The van der Waals surface area contributed by atoms with Crippen LogP contribution in [0.25, 0.3) is 0 Å². The largest absolute Gasteiger partial charge is 1.00 e. The molecule has 0 aliphatic rings. The summed E-state index contributed by atoms with van der Waals surface area (Å²) in [4.78, 5) is 0. The maximum Gasteiger partial charge on any atom is 1.00 e. The van der Waals surface area contributed by atoms with Gasteiger partial charge in [-0.15, -0.1) is 0 Å². The van der Waals surface area contributed by atoms with Gasteiger partial charge in [-0.2, -0.15) is 22.0 Å². The van der Waals surface area contributed by atoms with Crippen molar-refractivity contribution in [1.29, 1.82) is 0 Å². The first kappa shape index (κ1) is 15.7. The number of primary sulfonamides is 1. The zero-order valence-electron chi connectivity index (χ0n) is 6.69. The molecule has 0 aliphatic heterocycles. The third-order valence-corrected chi connectivity index (χ3v) is 1.63. The van der Waals surface area contributed by atoms with E-state index in [0.29, 0.717) is 0 Å². The average Bonchev–Trinajstić information content (AvgIpc) is 1.58. The minimum absolute atomic E-state index is 0. The van der Waals surface area contributed by atoms with E-state index in [0.717, 1.165) is 0 Å². The fraction of sp³-hybridized carbons (Fsp3) is 1.00. The van der Waals surface area contributed by atoms with E-state index in [4.69, 9.17) is 0 Å². The van der Waals surface area contributed by atoms with Crippen molar-refractivity contribution in [3.05, 3.63) is 0 Å². The molecule has 0 bridgehead atoms. The quantitative estimate of drug-likeness (QED) is 0.408. The van der Waals surface area contributed by atoms with Gasteiger partial charge in [0, 0.05) is 0 Å². The van der Waals surface area contributed by atoms with Crippen LogP contribution in [0.2, 0.25) is 0 Å². The molecule has 3 nitrogen and oxygen atoms in total. The SMILES string of the molecule is NS(=O)(=O)C(F)(F)C(F)(F)F.[H-].[K+]. The first-order valence-corrected chi connectivity index (χ1v) is 3.51. The third kappa shape index (κ3) is 3.16. The summed E-state index contributed by atoms with van der Waals surface area (Å²) < 4.78 is 75.8. The standard InChI is InChI=1S/C2H2F5NO2S.K.H/c3-1(4,5)2(6,7)11(8,9)10;;/h(H2,8,9,10);;/q;+1;-1. The van der Waals surface area contributed by atoms with E-state index in [9.17, 15) is 30.4 Å². The van der Waals surface area contributed by atoms with Crippen LogP contribution in [0.1, 0.15) is 1.43 Å². The first-order chi connectivity index (χ1) is 4.50. The molecule has 0 saturated heterocycles. The van der Waals surface area contributed by atoms with Gasteiger partial charge in [-0.05, 0) is 0 Å². The zero-order valence-corrected chi connectivity index (χ0v) is 9.63. The predicted octanol–water partition coefficient (Wildman–Crippen LogP) is -2.45. The second-order valence-corrected chi connectivity index (χ2v) is 3.16. The van der Waals surface area contributed by atoms with Gasteiger partial charge in [0.25, 0.3) is 10.0 Å². The van der Waals surface area contributed by atoms with Crippen molar-refractivity contribution in [1.82, 2.24) is 0 Å². The van der Waals surface area contributed by atoms with Gasteiger partial charge in [-0.1, -0.05) is 0 Å². The first-order valence-electron chi connectivity index (χ1n) is 1.97. The van der Waals surface area contributed by atoms with E-state index in [2.05, 4.69) is 5.14 Å². The molecule has 0 aliphatic carbocycles. The smallest absolute Gasteiger partial charge is 1.00 e. The minimum Gasteiger partial charge on any atom is -1.00 e. The number of hydrogen-bond acceptors (Lipinski definition) is 2. The number of halogens is 5. The fourth-order valence-corrected chi connectivity index (χ4v) is 0.484. The van der Waals surface area contributed by atoms with Crippen molar-refractivity contribution in [3.63, 3.8) is 0 Å². The Morgan fingerprint density at radius 3 is 1.33 bits per heavy atom. The van der Waals surface area contributed by atoms with Crippen LogP contribution < -0.4 is 56.5 Å². The second kappa shape index (κ2) is 4.15. The molecule has 0 aromatic rings. The second-order valence-electron chi connectivity index (χ2n) is 1.56. The van der Waals surface area contributed by atoms with Crippen LogP contribution in [0.5, 0.6) is 0 Å². The van der Waals surface area contributed by atoms with Gasteiger partial charge in [0.15, 0.2) is 0 Å². The summed E-state index contributed by atoms with van der Waals surface area (Å²) >= 11 is 0. The van der Waals surface area contributed by atoms with E-state index < -0.39 is 21.5 Å². The molecule has 0 unspecified atom stereocenters.